The van der Waals surface area contributed by atoms with Gasteiger partial charge in [0, 0.05) is 5.70 Å². The Morgan fingerprint density at radius 2 is 1.88 bits per heavy atom. The molecule has 2 aliphatic heterocycles. The Morgan fingerprint density at radius 1 is 1.12 bits per heavy atom. The van der Waals surface area contributed by atoms with Gasteiger partial charge in [-0.05, 0) is 24.6 Å². The SMILES string of the molecule is COc1cccc2nc(C3=C(C)NC4C(c5ccccc5)C(C(F)(F)F)NN4C3=O)oc12. The van der Waals surface area contributed by atoms with Crippen molar-refractivity contribution >= 4 is 22.6 Å². The first kappa shape index (κ1) is 20.4. The van der Waals surface area contributed by atoms with Crippen molar-refractivity contribution in [1.82, 2.24) is 20.7 Å². The Morgan fingerprint density at radius 3 is 2.56 bits per heavy atom. The molecule has 10 heteroatoms. The van der Waals surface area contributed by atoms with Crippen molar-refractivity contribution in [2.75, 3.05) is 7.11 Å². The molecule has 3 unspecified atom stereocenters. The molecule has 0 spiro atoms. The van der Waals surface area contributed by atoms with Crippen molar-refractivity contribution < 1.29 is 27.1 Å². The first-order valence-electron chi connectivity index (χ1n) is 9.92. The van der Waals surface area contributed by atoms with Crippen LogP contribution in [-0.4, -0.2) is 41.4 Å². The molecule has 0 radical (unpaired) electrons. The summed E-state index contributed by atoms with van der Waals surface area (Å²) in [5, 5.41) is 4.06. The summed E-state index contributed by atoms with van der Waals surface area (Å²) in [6.45, 7) is 1.62. The van der Waals surface area contributed by atoms with Gasteiger partial charge in [0.05, 0.1) is 13.0 Å². The predicted octanol–water partition coefficient (Wildman–Crippen LogP) is 3.56. The quantitative estimate of drug-likeness (QED) is 0.643. The van der Waals surface area contributed by atoms with Crippen molar-refractivity contribution in [2.24, 2.45) is 0 Å². The maximum Gasteiger partial charge on any atom is 0.406 e. The van der Waals surface area contributed by atoms with Crippen molar-refractivity contribution in [3.05, 3.63) is 65.7 Å². The van der Waals surface area contributed by atoms with Crippen LogP contribution in [0.1, 0.15) is 24.3 Å². The number of oxazole rings is 1. The van der Waals surface area contributed by atoms with E-state index in [0.29, 0.717) is 28.1 Å². The van der Waals surface area contributed by atoms with E-state index >= 15 is 0 Å². The van der Waals surface area contributed by atoms with E-state index in [1.54, 1.807) is 55.5 Å². The highest BCUT2D eigenvalue weighted by molar-refractivity contribution is 6.20. The minimum Gasteiger partial charge on any atom is -0.493 e. The topological polar surface area (TPSA) is 79.6 Å². The Bertz CT molecular complexity index is 1220. The molecule has 2 N–H and O–H groups in total. The molecule has 0 saturated carbocycles. The molecule has 0 aliphatic carbocycles. The average Bonchev–Trinajstić information content (AvgIpc) is 3.36. The van der Waals surface area contributed by atoms with Crippen molar-refractivity contribution in [3.63, 3.8) is 0 Å². The van der Waals surface area contributed by atoms with Crippen molar-refractivity contribution in [2.45, 2.75) is 31.2 Å². The number of ether oxygens (including phenoxy) is 1. The molecule has 1 saturated heterocycles. The van der Waals surface area contributed by atoms with Crippen molar-refractivity contribution in [3.8, 4) is 5.75 Å². The lowest BCUT2D eigenvalue weighted by Crippen LogP contribution is -2.54. The molecule has 2 aliphatic rings. The minimum atomic E-state index is -4.57. The molecule has 3 atom stereocenters. The van der Waals surface area contributed by atoms with Gasteiger partial charge in [0.25, 0.3) is 5.91 Å². The molecule has 3 aromatic rings. The summed E-state index contributed by atoms with van der Waals surface area (Å²) in [6.07, 6.45) is -5.50. The van der Waals surface area contributed by atoms with E-state index in [0.717, 1.165) is 5.01 Å². The van der Waals surface area contributed by atoms with E-state index in [1.165, 1.54) is 7.11 Å². The highest BCUT2D eigenvalue weighted by Gasteiger charge is 2.58. The van der Waals surface area contributed by atoms with Gasteiger partial charge < -0.3 is 14.5 Å². The fourth-order valence-electron chi connectivity index (χ4n) is 4.34. The summed E-state index contributed by atoms with van der Waals surface area (Å²) in [5.41, 5.74) is 4.11. The molecular formula is C22H19F3N4O3. The molecule has 32 heavy (non-hydrogen) atoms. The number of nitrogens with one attached hydrogen (secondary N) is 2. The fourth-order valence-corrected chi connectivity index (χ4v) is 4.34. The molecule has 2 aromatic carbocycles. The molecule has 166 valence electrons. The third-order valence-electron chi connectivity index (χ3n) is 5.78. The molecule has 3 heterocycles. The number of amides is 1. The Hall–Kier alpha value is -3.53. The number of fused-ring (bicyclic) bond motifs is 2. The Kier molecular flexibility index (Phi) is 4.63. The van der Waals surface area contributed by atoms with Crippen LogP contribution in [0, 0.1) is 0 Å². The second-order valence-corrected chi connectivity index (χ2v) is 7.68. The van der Waals surface area contributed by atoms with Gasteiger partial charge in [-0.15, -0.1) is 0 Å². The maximum absolute atomic E-state index is 13.9. The van der Waals surface area contributed by atoms with E-state index in [1.807, 2.05) is 0 Å². The number of rotatable bonds is 3. The standard InChI is InChI=1S/C22H19F3N4O3/c1-11-15(20-27-13-9-6-10-14(31-2)17(13)32-20)21(30)29-19(26-11)16(12-7-4-3-5-8-12)18(28-29)22(23,24)25/h3-10,16,18-19,26,28H,1-2H3. The highest BCUT2D eigenvalue weighted by Crippen LogP contribution is 2.42. The second-order valence-electron chi connectivity index (χ2n) is 7.68. The molecule has 7 nitrogen and oxygen atoms in total. The fraction of sp³-hybridized carbons (Fsp3) is 0.273. The average molecular weight is 444 g/mol. The molecule has 1 amide bonds. The number of allylic oxidation sites excluding steroid dienone is 1. The van der Waals surface area contributed by atoms with E-state index in [2.05, 4.69) is 15.7 Å². The number of nitrogens with zero attached hydrogens (tertiary/aromatic N) is 2. The van der Waals surface area contributed by atoms with E-state index in [9.17, 15) is 18.0 Å². The summed E-state index contributed by atoms with van der Waals surface area (Å²) >= 11 is 0. The predicted molar refractivity (Wildman–Crippen MR) is 109 cm³/mol. The van der Waals surface area contributed by atoms with Gasteiger partial charge in [-0.3, -0.25) is 4.79 Å². The lowest BCUT2D eigenvalue weighted by molar-refractivity contribution is -0.161. The third kappa shape index (κ3) is 3.10. The first-order chi connectivity index (χ1) is 15.3. The number of hydrogen-bond donors (Lipinski definition) is 2. The third-order valence-corrected chi connectivity index (χ3v) is 5.78. The zero-order chi connectivity index (χ0) is 22.6. The normalized spacial score (nSPS) is 23.5. The lowest BCUT2D eigenvalue weighted by atomic mass is 9.89. The summed E-state index contributed by atoms with van der Waals surface area (Å²) in [7, 11) is 1.48. The van der Waals surface area contributed by atoms with Crippen LogP contribution in [0.4, 0.5) is 13.2 Å². The number of methoxy groups -OCH3 is 1. The van der Waals surface area contributed by atoms with Gasteiger partial charge in [0.1, 0.15) is 23.3 Å². The number of halogens is 3. The van der Waals surface area contributed by atoms with Crippen LogP contribution >= 0.6 is 0 Å². The molecule has 0 bridgehead atoms. The Balaban J connectivity index is 1.58. The van der Waals surface area contributed by atoms with E-state index in [-0.39, 0.29) is 11.5 Å². The largest absolute Gasteiger partial charge is 0.493 e. The number of carbonyl (C=O) groups excluding carboxylic acids is 1. The summed E-state index contributed by atoms with van der Waals surface area (Å²) < 4.78 is 52.8. The van der Waals surface area contributed by atoms with Gasteiger partial charge in [0.15, 0.2) is 11.3 Å². The monoisotopic (exact) mass is 444 g/mol. The number of aromatic nitrogens is 1. The highest BCUT2D eigenvalue weighted by atomic mass is 19.4. The molecular weight excluding hydrogens is 425 g/mol. The minimum absolute atomic E-state index is 0.00599. The zero-order valence-corrected chi connectivity index (χ0v) is 17.1. The summed E-state index contributed by atoms with van der Waals surface area (Å²) in [6, 6.07) is 11.5. The number of para-hydroxylation sites is 1. The van der Waals surface area contributed by atoms with Crippen molar-refractivity contribution in [1.29, 1.82) is 0 Å². The number of alkyl halides is 3. The maximum atomic E-state index is 13.9. The number of carbonyl (C=O) groups is 1. The summed E-state index contributed by atoms with van der Waals surface area (Å²) in [4.78, 5) is 17.7. The van der Waals surface area contributed by atoms with Crippen LogP contribution in [0.25, 0.3) is 16.7 Å². The molecule has 5 rings (SSSR count). The van der Waals surface area contributed by atoms with Gasteiger partial charge >= 0.3 is 6.18 Å². The van der Waals surface area contributed by atoms with Crippen LogP contribution in [-0.2, 0) is 4.79 Å². The van der Waals surface area contributed by atoms with Gasteiger partial charge in [-0.25, -0.2) is 15.4 Å². The molecule has 1 aromatic heterocycles. The zero-order valence-electron chi connectivity index (χ0n) is 17.1. The van der Waals surface area contributed by atoms with E-state index in [4.69, 9.17) is 9.15 Å². The van der Waals surface area contributed by atoms with Gasteiger partial charge in [-0.2, -0.15) is 13.2 Å². The summed E-state index contributed by atoms with van der Waals surface area (Å²) in [5.74, 6) is -1.24. The van der Waals surface area contributed by atoms with Crippen LogP contribution in [0.15, 0.2) is 58.6 Å². The van der Waals surface area contributed by atoms with Crippen LogP contribution in [0.2, 0.25) is 0 Å². The lowest BCUT2D eigenvalue weighted by Gasteiger charge is -2.34. The number of benzene rings is 2. The van der Waals surface area contributed by atoms with Crippen LogP contribution < -0.4 is 15.5 Å². The van der Waals surface area contributed by atoms with Gasteiger partial charge in [-0.1, -0.05) is 36.4 Å². The van der Waals surface area contributed by atoms with Crippen LogP contribution in [0.3, 0.4) is 0 Å². The van der Waals surface area contributed by atoms with Crippen LogP contribution in [0.5, 0.6) is 5.75 Å². The second kappa shape index (κ2) is 7.27. The van der Waals surface area contributed by atoms with Gasteiger partial charge in [0.2, 0.25) is 5.89 Å². The first-order valence-corrected chi connectivity index (χ1v) is 9.92. The number of hydrazine groups is 1. The smallest absolute Gasteiger partial charge is 0.406 e. The Labute approximate surface area is 180 Å². The number of hydrogen-bond acceptors (Lipinski definition) is 6. The van der Waals surface area contributed by atoms with E-state index < -0.39 is 30.2 Å². The molecule has 1 fully saturated rings.